The lowest BCUT2D eigenvalue weighted by Crippen LogP contribution is -2.45. The number of hydrogen-bond donors (Lipinski definition) is 2. The number of carbonyl (C=O) groups is 1. The molecule has 1 aliphatic heterocycles. The number of aromatic amines is 1. The Kier molecular flexibility index (Phi) is 5.19. The van der Waals surface area contributed by atoms with Crippen LogP contribution in [0.5, 0.6) is 0 Å². The van der Waals surface area contributed by atoms with Gasteiger partial charge in [-0.2, -0.15) is 0 Å². The molecule has 3 N–H and O–H groups in total. The van der Waals surface area contributed by atoms with Crippen molar-refractivity contribution < 1.29 is 4.79 Å². The molecule has 0 saturated carbocycles. The number of hydrogen-bond acceptors (Lipinski definition) is 2. The van der Waals surface area contributed by atoms with Gasteiger partial charge in [0.2, 0.25) is 5.91 Å². The third-order valence-corrected chi connectivity index (χ3v) is 5.70. The van der Waals surface area contributed by atoms with Crippen LogP contribution in [-0.2, 0) is 11.2 Å². The smallest absolute Gasteiger partial charge is 0.239 e. The average Bonchev–Trinajstić information content (AvgIpc) is 2.81. The Bertz CT molecular complexity index is 728. The van der Waals surface area contributed by atoms with Crippen molar-refractivity contribution in [2.75, 3.05) is 13.1 Å². The van der Waals surface area contributed by atoms with Crippen LogP contribution >= 0.6 is 0 Å². The Balaban J connectivity index is 1.64. The van der Waals surface area contributed by atoms with Gasteiger partial charge in [-0.05, 0) is 48.6 Å². The van der Waals surface area contributed by atoms with E-state index in [0.29, 0.717) is 17.8 Å². The highest BCUT2D eigenvalue weighted by molar-refractivity contribution is 5.86. The van der Waals surface area contributed by atoms with E-state index in [1.807, 2.05) is 29.3 Å². The molecule has 1 aliphatic rings. The van der Waals surface area contributed by atoms with Gasteiger partial charge in [0.15, 0.2) is 0 Å². The summed E-state index contributed by atoms with van der Waals surface area (Å²) in [6.45, 7) is 8.59. The number of nitrogens with two attached hydrogens (primary N) is 1. The Morgan fingerprint density at radius 3 is 2.80 bits per heavy atom. The van der Waals surface area contributed by atoms with Crippen LogP contribution < -0.4 is 5.73 Å². The molecule has 0 spiro atoms. The second-order valence-corrected chi connectivity index (χ2v) is 8.49. The number of fused-ring (bicyclic) bond motifs is 1. The molecule has 2 atom stereocenters. The molecule has 2 aromatic rings. The third-order valence-electron chi connectivity index (χ3n) is 5.70. The van der Waals surface area contributed by atoms with Crippen molar-refractivity contribution in [3.05, 3.63) is 36.0 Å². The molecule has 0 aliphatic carbocycles. The number of nitrogens with zero attached hydrogens (tertiary/aromatic N) is 1. The molecule has 1 aromatic heterocycles. The second-order valence-electron chi connectivity index (χ2n) is 8.49. The van der Waals surface area contributed by atoms with Crippen molar-refractivity contribution in [2.24, 2.45) is 17.1 Å². The Morgan fingerprint density at radius 2 is 2.04 bits per heavy atom. The SMILES string of the molecule is CC(C)(C)C1CCCN(C(=O)[C@@H](N)Cc2c[nH]c3ccccc23)CC1. The Labute approximate surface area is 150 Å². The molecule has 3 rings (SSSR count). The molecule has 1 amide bonds. The molecule has 4 heteroatoms. The molecular weight excluding hydrogens is 310 g/mol. The first-order chi connectivity index (χ1) is 11.9. The lowest BCUT2D eigenvalue weighted by molar-refractivity contribution is -0.132. The van der Waals surface area contributed by atoms with Gasteiger partial charge >= 0.3 is 0 Å². The van der Waals surface area contributed by atoms with E-state index in [1.165, 1.54) is 6.42 Å². The van der Waals surface area contributed by atoms with Crippen LogP contribution in [0.25, 0.3) is 10.9 Å². The number of aromatic nitrogens is 1. The highest BCUT2D eigenvalue weighted by atomic mass is 16.2. The maximum Gasteiger partial charge on any atom is 0.239 e. The first-order valence-electron chi connectivity index (χ1n) is 9.45. The number of carbonyl (C=O) groups excluding carboxylic acids is 1. The van der Waals surface area contributed by atoms with Gasteiger partial charge in [-0.25, -0.2) is 0 Å². The number of amides is 1. The van der Waals surface area contributed by atoms with Crippen LogP contribution in [0, 0.1) is 11.3 Å². The summed E-state index contributed by atoms with van der Waals surface area (Å²) in [5, 5.41) is 1.16. The lowest BCUT2D eigenvalue weighted by atomic mass is 9.77. The van der Waals surface area contributed by atoms with E-state index in [2.05, 4.69) is 31.8 Å². The van der Waals surface area contributed by atoms with Gasteiger partial charge in [-0.15, -0.1) is 0 Å². The summed E-state index contributed by atoms with van der Waals surface area (Å²) in [6.07, 6.45) is 5.92. The van der Waals surface area contributed by atoms with Crippen molar-refractivity contribution >= 4 is 16.8 Å². The topological polar surface area (TPSA) is 62.1 Å². The minimum Gasteiger partial charge on any atom is -0.361 e. The fourth-order valence-corrected chi connectivity index (χ4v) is 4.04. The molecule has 136 valence electrons. The minimum atomic E-state index is -0.467. The molecule has 1 unspecified atom stereocenters. The van der Waals surface area contributed by atoms with Gasteiger partial charge in [0.25, 0.3) is 0 Å². The normalized spacial score (nSPS) is 20.5. The molecule has 0 bridgehead atoms. The van der Waals surface area contributed by atoms with Gasteiger partial charge < -0.3 is 15.6 Å². The number of nitrogens with one attached hydrogen (secondary N) is 1. The van der Waals surface area contributed by atoms with Gasteiger partial charge in [-0.1, -0.05) is 39.0 Å². The Hall–Kier alpha value is -1.81. The number of H-pyrrole nitrogens is 1. The van der Waals surface area contributed by atoms with E-state index in [9.17, 15) is 4.79 Å². The summed E-state index contributed by atoms with van der Waals surface area (Å²) >= 11 is 0. The number of likely N-dealkylation sites (tertiary alicyclic amines) is 1. The second kappa shape index (κ2) is 7.20. The molecular formula is C21H31N3O. The lowest BCUT2D eigenvalue weighted by Gasteiger charge is -2.30. The average molecular weight is 341 g/mol. The van der Waals surface area contributed by atoms with Crippen LogP contribution in [0.15, 0.2) is 30.5 Å². The quantitative estimate of drug-likeness (QED) is 0.894. The largest absolute Gasteiger partial charge is 0.361 e. The standard InChI is InChI=1S/C21H31N3O/c1-21(2,3)16-7-6-11-24(12-10-16)20(25)18(22)13-15-14-23-19-9-5-4-8-17(15)19/h4-5,8-9,14,16,18,23H,6-7,10-13,22H2,1-3H3/t16?,18-/m0/s1. The fourth-order valence-electron chi connectivity index (χ4n) is 4.04. The van der Waals surface area contributed by atoms with Gasteiger partial charge in [-0.3, -0.25) is 4.79 Å². The van der Waals surface area contributed by atoms with E-state index in [1.54, 1.807) is 0 Å². The monoisotopic (exact) mass is 341 g/mol. The first kappa shape index (κ1) is 18.0. The van der Waals surface area contributed by atoms with E-state index >= 15 is 0 Å². The van der Waals surface area contributed by atoms with Gasteiger partial charge in [0, 0.05) is 30.2 Å². The van der Waals surface area contributed by atoms with Crippen LogP contribution in [-0.4, -0.2) is 34.9 Å². The Morgan fingerprint density at radius 1 is 1.28 bits per heavy atom. The molecule has 1 aromatic carbocycles. The van der Waals surface area contributed by atoms with Crippen molar-refractivity contribution in [1.29, 1.82) is 0 Å². The van der Waals surface area contributed by atoms with Crippen LogP contribution in [0.1, 0.15) is 45.6 Å². The molecule has 2 heterocycles. The van der Waals surface area contributed by atoms with E-state index in [4.69, 9.17) is 5.73 Å². The summed E-state index contributed by atoms with van der Waals surface area (Å²) in [5.74, 6) is 0.773. The van der Waals surface area contributed by atoms with Gasteiger partial charge in [0.1, 0.15) is 0 Å². The molecule has 1 saturated heterocycles. The van der Waals surface area contributed by atoms with E-state index in [-0.39, 0.29) is 5.91 Å². The maximum atomic E-state index is 12.9. The van der Waals surface area contributed by atoms with E-state index in [0.717, 1.165) is 42.4 Å². The zero-order valence-corrected chi connectivity index (χ0v) is 15.7. The van der Waals surface area contributed by atoms with Crippen molar-refractivity contribution in [3.63, 3.8) is 0 Å². The molecule has 25 heavy (non-hydrogen) atoms. The van der Waals surface area contributed by atoms with E-state index < -0.39 is 6.04 Å². The van der Waals surface area contributed by atoms with Crippen molar-refractivity contribution in [3.8, 4) is 0 Å². The predicted octanol–water partition coefficient (Wildman–Crippen LogP) is 3.71. The zero-order valence-electron chi connectivity index (χ0n) is 15.7. The summed E-state index contributed by atoms with van der Waals surface area (Å²) in [6, 6.07) is 7.70. The minimum absolute atomic E-state index is 0.0971. The van der Waals surface area contributed by atoms with Crippen LogP contribution in [0.4, 0.5) is 0 Å². The summed E-state index contributed by atoms with van der Waals surface area (Å²) in [7, 11) is 0. The van der Waals surface area contributed by atoms with Crippen molar-refractivity contribution in [1.82, 2.24) is 9.88 Å². The number of benzene rings is 1. The summed E-state index contributed by atoms with van der Waals surface area (Å²) in [5.41, 5.74) is 8.83. The predicted molar refractivity (Wildman–Crippen MR) is 103 cm³/mol. The molecule has 1 fully saturated rings. The zero-order chi connectivity index (χ0) is 18.0. The van der Waals surface area contributed by atoms with Crippen LogP contribution in [0.2, 0.25) is 0 Å². The van der Waals surface area contributed by atoms with Gasteiger partial charge in [0.05, 0.1) is 6.04 Å². The molecule has 0 radical (unpaired) electrons. The van der Waals surface area contributed by atoms with Crippen LogP contribution in [0.3, 0.4) is 0 Å². The maximum absolute atomic E-state index is 12.9. The highest BCUT2D eigenvalue weighted by Gasteiger charge is 2.30. The summed E-state index contributed by atoms with van der Waals surface area (Å²) in [4.78, 5) is 18.1. The first-order valence-corrected chi connectivity index (χ1v) is 9.45. The third kappa shape index (κ3) is 4.06. The number of para-hydroxylation sites is 1. The highest BCUT2D eigenvalue weighted by Crippen LogP contribution is 2.34. The van der Waals surface area contributed by atoms with Crippen molar-refractivity contribution in [2.45, 2.75) is 52.5 Å². The number of rotatable bonds is 3. The molecule has 4 nitrogen and oxygen atoms in total. The fraction of sp³-hybridized carbons (Fsp3) is 0.571. The summed E-state index contributed by atoms with van der Waals surface area (Å²) < 4.78 is 0.